The molecule has 22 heteroatoms. The number of nitriles is 1. The van der Waals surface area contributed by atoms with E-state index in [1.807, 2.05) is 26.0 Å². The molecule has 1 saturated heterocycles. The highest BCUT2D eigenvalue weighted by atomic mass is 32.2. The van der Waals surface area contributed by atoms with Crippen LogP contribution in [-0.4, -0.2) is 144 Å². The summed E-state index contributed by atoms with van der Waals surface area (Å²) >= 11 is 0. The van der Waals surface area contributed by atoms with Gasteiger partial charge in [0.2, 0.25) is 0 Å². The molecular weight excluding hydrogens is 949 g/mol. The van der Waals surface area contributed by atoms with Crippen LogP contribution in [-0.2, 0) is 43.1 Å². The molecule has 3 heterocycles. The van der Waals surface area contributed by atoms with E-state index in [4.69, 9.17) is 23.7 Å². The standard InChI is InChI=1S/C50H60N10O11S/c1-33-10-15-39(46-45(33)36(30-51)31-54-46)56-72(65,66)37-13-11-35(12-14-37)47(61)52-16-20-68-22-24-70-26-27-71-25-23-69-21-17-53-49(63)59-18-19-60(34(2)32-59)41-29-43-42(57(3)50(64)58(43)4)28-40(41)55-48(62)38-8-6-7-9-44(38)67-5/h6-15,28-29,31,34,54,56H,16-27,32H2,1-5H3,(H,52,61)(H,53,63)(H,55,62)/t34-/m1/s1. The maximum Gasteiger partial charge on any atom is 0.328 e. The molecule has 0 saturated carbocycles. The van der Waals surface area contributed by atoms with Crippen molar-refractivity contribution in [1.29, 1.82) is 5.26 Å². The van der Waals surface area contributed by atoms with Crippen molar-refractivity contribution >= 4 is 66.9 Å². The molecule has 4 aromatic carbocycles. The van der Waals surface area contributed by atoms with Crippen LogP contribution in [0, 0.1) is 18.3 Å². The lowest BCUT2D eigenvalue weighted by atomic mass is 10.1. The normalized spacial score (nSPS) is 13.8. The summed E-state index contributed by atoms with van der Waals surface area (Å²) in [7, 11) is 0.929. The van der Waals surface area contributed by atoms with E-state index in [2.05, 4.69) is 36.6 Å². The number of para-hydroxylation sites is 1. The molecular formula is C50H60N10O11S. The minimum absolute atomic E-state index is 0.0255. The molecule has 0 radical (unpaired) electrons. The topological polar surface area (TPSA) is 253 Å². The lowest BCUT2D eigenvalue weighted by Crippen LogP contribution is -2.56. The minimum Gasteiger partial charge on any atom is -0.496 e. The predicted octanol–water partition coefficient (Wildman–Crippen LogP) is 4.32. The van der Waals surface area contributed by atoms with Crippen LogP contribution in [0.4, 0.5) is 21.9 Å². The van der Waals surface area contributed by atoms with Crippen molar-refractivity contribution in [3.05, 3.63) is 112 Å². The number of piperazine rings is 1. The third kappa shape index (κ3) is 12.4. The molecule has 21 nitrogen and oxygen atoms in total. The predicted molar refractivity (Wildman–Crippen MR) is 271 cm³/mol. The van der Waals surface area contributed by atoms with Gasteiger partial charge < -0.3 is 54.4 Å². The van der Waals surface area contributed by atoms with Gasteiger partial charge in [-0.15, -0.1) is 0 Å². The number of hydrogen-bond donors (Lipinski definition) is 5. The summed E-state index contributed by atoms with van der Waals surface area (Å²) in [6, 6.07) is 21.4. The molecule has 382 valence electrons. The van der Waals surface area contributed by atoms with Crippen LogP contribution in [0.1, 0.15) is 38.8 Å². The number of amides is 4. The van der Waals surface area contributed by atoms with Crippen LogP contribution in [0.25, 0.3) is 21.9 Å². The Bertz CT molecular complexity index is 3110. The first-order chi connectivity index (χ1) is 34.7. The molecule has 2 aromatic heterocycles. The van der Waals surface area contributed by atoms with Crippen LogP contribution in [0.15, 0.2) is 88.7 Å². The summed E-state index contributed by atoms with van der Waals surface area (Å²) in [6.07, 6.45) is 1.54. The van der Waals surface area contributed by atoms with Gasteiger partial charge in [0, 0.05) is 70.0 Å². The molecule has 0 unspecified atom stereocenters. The number of aromatic nitrogens is 3. The largest absolute Gasteiger partial charge is 0.496 e. The Balaban J connectivity index is 0.723. The van der Waals surface area contributed by atoms with Crippen molar-refractivity contribution in [3.63, 3.8) is 0 Å². The molecule has 5 N–H and O–H groups in total. The number of nitrogens with zero attached hydrogens (tertiary/aromatic N) is 5. The van der Waals surface area contributed by atoms with E-state index in [0.29, 0.717) is 123 Å². The monoisotopic (exact) mass is 1010 g/mol. The van der Waals surface area contributed by atoms with Gasteiger partial charge in [0.1, 0.15) is 11.8 Å². The fourth-order valence-corrected chi connectivity index (χ4v) is 9.49. The molecule has 7 rings (SSSR count). The van der Waals surface area contributed by atoms with Crippen molar-refractivity contribution in [2.45, 2.75) is 24.8 Å². The lowest BCUT2D eigenvalue weighted by molar-refractivity contribution is -0.000960. The number of aromatic amines is 1. The van der Waals surface area contributed by atoms with Crippen LogP contribution in [0.3, 0.4) is 0 Å². The molecule has 1 atom stereocenters. The zero-order valence-corrected chi connectivity index (χ0v) is 41.7. The fraction of sp³-hybridized carbons (Fsp3) is 0.380. The molecule has 0 aliphatic carbocycles. The first kappa shape index (κ1) is 52.4. The van der Waals surface area contributed by atoms with Crippen LogP contribution < -0.4 is 36.0 Å². The average molecular weight is 1010 g/mol. The summed E-state index contributed by atoms with van der Waals surface area (Å²) in [5.41, 5.74) is 5.20. The number of methoxy groups -OCH3 is 1. The van der Waals surface area contributed by atoms with E-state index in [1.54, 1.807) is 64.5 Å². The van der Waals surface area contributed by atoms with Crippen molar-refractivity contribution < 1.29 is 46.5 Å². The number of aryl methyl sites for hydroxylation is 3. The number of hydrogen-bond acceptors (Lipinski definition) is 13. The van der Waals surface area contributed by atoms with Crippen LogP contribution in [0.2, 0.25) is 0 Å². The average Bonchev–Trinajstić information content (AvgIpc) is 3.92. The second-order valence-electron chi connectivity index (χ2n) is 17.0. The number of urea groups is 1. The molecule has 0 spiro atoms. The Labute approximate surface area is 416 Å². The van der Waals surface area contributed by atoms with Crippen molar-refractivity contribution in [2.24, 2.45) is 14.1 Å². The number of benzene rings is 4. The third-order valence-electron chi connectivity index (χ3n) is 12.2. The molecule has 1 aliphatic heterocycles. The van der Waals surface area contributed by atoms with Crippen LogP contribution in [0.5, 0.6) is 5.75 Å². The first-order valence-electron chi connectivity index (χ1n) is 23.4. The zero-order valence-electron chi connectivity index (χ0n) is 40.9. The van der Waals surface area contributed by atoms with E-state index in [9.17, 15) is 32.9 Å². The van der Waals surface area contributed by atoms with Crippen LogP contribution >= 0.6 is 0 Å². The number of H-pyrrole nitrogens is 1. The number of nitrogens with one attached hydrogen (secondary N) is 5. The molecule has 72 heavy (non-hydrogen) atoms. The summed E-state index contributed by atoms with van der Waals surface area (Å²) in [5.74, 6) is -0.296. The minimum atomic E-state index is -3.98. The molecule has 4 amide bonds. The summed E-state index contributed by atoms with van der Waals surface area (Å²) in [5, 5.41) is 18.8. The third-order valence-corrected chi connectivity index (χ3v) is 13.6. The van der Waals surface area contributed by atoms with E-state index >= 15 is 0 Å². The first-order valence-corrected chi connectivity index (χ1v) is 24.9. The van der Waals surface area contributed by atoms with Gasteiger partial charge in [-0.2, -0.15) is 5.26 Å². The Morgan fingerprint density at radius 2 is 1.42 bits per heavy atom. The van der Waals surface area contributed by atoms with Gasteiger partial charge in [-0.25, -0.2) is 18.0 Å². The second kappa shape index (κ2) is 24.1. The maximum atomic E-state index is 13.5. The summed E-state index contributed by atoms with van der Waals surface area (Å²) in [6.45, 7) is 8.35. The maximum absolute atomic E-state index is 13.5. The smallest absolute Gasteiger partial charge is 0.328 e. The van der Waals surface area contributed by atoms with Gasteiger partial charge in [-0.3, -0.25) is 23.4 Å². The number of carbonyl (C=O) groups is 3. The quantitative estimate of drug-likeness (QED) is 0.0562. The van der Waals surface area contributed by atoms with Crippen molar-refractivity contribution in [2.75, 3.05) is 108 Å². The van der Waals surface area contributed by atoms with Crippen molar-refractivity contribution in [3.8, 4) is 11.8 Å². The molecule has 1 aliphatic rings. The van der Waals surface area contributed by atoms with Gasteiger partial charge in [-0.05, 0) is 74.0 Å². The molecule has 6 aromatic rings. The Morgan fingerprint density at radius 1 is 0.792 bits per heavy atom. The Morgan fingerprint density at radius 3 is 2.06 bits per heavy atom. The molecule has 1 fully saturated rings. The fourth-order valence-electron chi connectivity index (χ4n) is 8.42. The Hall–Kier alpha value is -7.42. The van der Waals surface area contributed by atoms with Gasteiger partial charge >= 0.3 is 11.7 Å². The van der Waals surface area contributed by atoms with E-state index in [0.717, 1.165) is 11.3 Å². The van der Waals surface area contributed by atoms with Gasteiger partial charge in [0.05, 0.1) is 110 Å². The summed E-state index contributed by atoms with van der Waals surface area (Å²) in [4.78, 5) is 59.0. The number of sulfonamides is 1. The lowest BCUT2D eigenvalue weighted by Gasteiger charge is -2.42. The van der Waals surface area contributed by atoms with Gasteiger partial charge in [0.25, 0.3) is 21.8 Å². The van der Waals surface area contributed by atoms with Gasteiger partial charge in [-0.1, -0.05) is 18.2 Å². The van der Waals surface area contributed by atoms with Crippen molar-refractivity contribution in [1.82, 2.24) is 29.7 Å². The summed E-state index contributed by atoms with van der Waals surface area (Å²) < 4.78 is 59.7. The number of carbonyl (C=O) groups excluding carboxylic acids is 3. The van der Waals surface area contributed by atoms with E-state index in [1.165, 1.54) is 37.6 Å². The SMILES string of the molecule is COc1ccccc1C(=O)Nc1cc2c(cc1N1CCN(C(=O)NCCOCCOCCOCCOCCNC(=O)c3ccc(S(=O)(=O)Nc4ccc(C)c5c(C#N)c[nH]c45)cc3)C[C@H]1C)n(C)c(=O)n2C. The highest BCUT2D eigenvalue weighted by Crippen LogP contribution is 2.35. The number of anilines is 3. The van der Waals surface area contributed by atoms with E-state index < -0.39 is 10.0 Å². The van der Waals surface area contributed by atoms with E-state index in [-0.39, 0.29) is 53.2 Å². The zero-order chi connectivity index (χ0) is 51.4. The number of imidazole rings is 1. The Kier molecular flexibility index (Phi) is 17.6. The highest BCUT2D eigenvalue weighted by Gasteiger charge is 2.30. The highest BCUT2D eigenvalue weighted by molar-refractivity contribution is 7.92. The number of fused-ring (bicyclic) bond motifs is 2. The number of ether oxygens (including phenoxy) is 5. The number of rotatable bonds is 23. The molecule has 0 bridgehead atoms. The van der Waals surface area contributed by atoms with Gasteiger partial charge in [0.15, 0.2) is 0 Å². The second-order valence-corrected chi connectivity index (χ2v) is 18.6.